The number of rotatable bonds is 9. The van der Waals surface area contributed by atoms with Crippen molar-refractivity contribution in [3.05, 3.63) is 65.8 Å². The van der Waals surface area contributed by atoms with Gasteiger partial charge in [0.25, 0.3) is 0 Å². The van der Waals surface area contributed by atoms with Crippen molar-refractivity contribution in [3.8, 4) is 11.8 Å². The predicted molar refractivity (Wildman–Crippen MR) is 110 cm³/mol. The summed E-state index contributed by atoms with van der Waals surface area (Å²) in [5.74, 6) is 1.44. The SMILES string of the molecule is C=CCOc1cc(/C=C/c2cncc(C#N)c2)nc(CNCC2CCNC2)c1. The van der Waals surface area contributed by atoms with Gasteiger partial charge in [-0.3, -0.25) is 9.97 Å². The molecule has 1 unspecified atom stereocenters. The van der Waals surface area contributed by atoms with Gasteiger partial charge in [-0.1, -0.05) is 18.7 Å². The van der Waals surface area contributed by atoms with Crippen LogP contribution in [0.4, 0.5) is 0 Å². The van der Waals surface area contributed by atoms with Crippen LogP contribution in [0.1, 0.15) is 28.9 Å². The average Bonchev–Trinajstić information content (AvgIpc) is 3.24. The Morgan fingerprint density at radius 3 is 3.04 bits per heavy atom. The Morgan fingerprint density at radius 2 is 2.25 bits per heavy atom. The monoisotopic (exact) mass is 375 g/mol. The Labute approximate surface area is 166 Å². The van der Waals surface area contributed by atoms with Gasteiger partial charge in [0.15, 0.2) is 0 Å². The van der Waals surface area contributed by atoms with Crippen LogP contribution in [0.2, 0.25) is 0 Å². The number of pyridine rings is 2. The molecule has 6 heteroatoms. The van der Waals surface area contributed by atoms with E-state index in [9.17, 15) is 0 Å². The van der Waals surface area contributed by atoms with Crippen LogP contribution in [0.15, 0.2) is 43.2 Å². The molecule has 28 heavy (non-hydrogen) atoms. The molecule has 0 radical (unpaired) electrons. The molecule has 0 spiro atoms. The van der Waals surface area contributed by atoms with E-state index < -0.39 is 0 Å². The Hall–Kier alpha value is -3.01. The average molecular weight is 375 g/mol. The number of nitrogens with zero attached hydrogens (tertiary/aromatic N) is 3. The van der Waals surface area contributed by atoms with E-state index in [0.29, 0.717) is 24.6 Å². The second-order valence-electron chi connectivity index (χ2n) is 6.76. The number of nitrogens with one attached hydrogen (secondary N) is 2. The van der Waals surface area contributed by atoms with Crippen LogP contribution in [0.5, 0.6) is 5.75 Å². The van der Waals surface area contributed by atoms with E-state index in [4.69, 9.17) is 15.0 Å². The number of hydrogen-bond acceptors (Lipinski definition) is 6. The van der Waals surface area contributed by atoms with Crippen LogP contribution in [0.3, 0.4) is 0 Å². The third kappa shape index (κ3) is 6.02. The second-order valence-corrected chi connectivity index (χ2v) is 6.76. The molecule has 144 valence electrons. The standard InChI is InChI=1S/C22H25N5O/c1-2-7-28-22-9-20(4-3-17-8-19(11-23)15-25-12-17)27-21(10-22)16-26-14-18-5-6-24-13-18/h2-4,8-10,12,15,18,24,26H,1,5-7,13-14,16H2/b4-3+. The summed E-state index contributed by atoms with van der Waals surface area (Å²) in [6.45, 7) is 7.99. The molecule has 1 fully saturated rings. The highest BCUT2D eigenvalue weighted by Crippen LogP contribution is 2.17. The molecule has 1 aliphatic heterocycles. The minimum atomic E-state index is 0.446. The molecule has 1 aliphatic rings. The maximum atomic E-state index is 9.00. The first-order valence-electron chi connectivity index (χ1n) is 9.46. The highest BCUT2D eigenvalue weighted by Gasteiger charge is 2.13. The topological polar surface area (TPSA) is 82.9 Å². The van der Waals surface area contributed by atoms with E-state index >= 15 is 0 Å². The lowest BCUT2D eigenvalue weighted by molar-refractivity contribution is 0.362. The van der Waals surface area contributed by atoms with Crippen molar-refractivity contribution in [2.45, 2.75) is 13.0 Å². The fourth-order valence-corrected chi connectivity index (χ4v) is 3.08. The molecule has 0 saturated carbocycles. The van der Waals surface area contributed by atoms with E-state index in [2.05, 4.69) is 28.3 Å². The smallest absolute Gasteiger partial charge is 0.123 e. The van der Waals surface area contributed by atoms with Crippen molar-refractivity contribution in [3.63, 3.8) is 0 Å². The van der Waals surface area contributed by atoms with Crippen molar-refractivity contribution in [2.75, 3.05) is 26.2 Å². The van der Waals surface area contributed by atoms with Gasteiger partial charge in [0, 0.05) is 31.1 Å². The Kier molecular flexibility index (Phi) is 7.30. The van der Waals surface area contributed by atoms with Crippen LogP contribution < -0.4 is 15.4 Å². The summed E-state index contributed by atoms with van der Waals surface area (Å²) in [6.07, 6.45) is 10.0. The summed E-state index contributed by atoms with van der Waals surface area (Å²) in [5, 5.41) is 15.9. The van der Waals surface area contributed by atoms with Gasteiger partial charge in [-0.15, -0.1) is 0 Å². The lowest BCUT2D eigenvalue weighted by Crippen LogP contribution is -2.24. The summed E-state index contributed by atoms with van der Waals surface area (Å²) in [6, 6.07) is 7.74. The first kappa shape index (κ1) is 19.7. The first-order valence-corrected chi connectivity index (χ1v) is 9.46. The van der Waals surface area contributed by atoms with Crippen molar-refractivity contribution < 1.29 is 4.74 Å². The Bertz CT molecular complexity index is 865. The summed E-state index contributed by atoms with van der Waals surface area (Å²) < 4.78 is 5.72. The molecular weight excluding hydrogens is 350 g/mol. The molecule has 6 nitrogen and oxygen atoms in total. The van der Waals surface area contributed by atoms with Crippen molar-refractivity contribution in [2.24, 2.45) is 5.92 Å². The highest BCUT2D eigenvalue weighted by atomic mass is 16.5. The van der Waals surface area contributed by atoms with Gasteiger partial charge in [-0.25, -0.2) is 0 Å². The van der Waals surface area contributed by atoms with E-state index in [0.717, 1.165) is 42.3 Å². The van der Waals surface area contributed by atoms with Crippen LogP contribution >= 0.6 is 0 Å². The molecule has 3 rings (SSSR count). The van der Waals surface area contributed by atoms with Crippen LogP contribution in [0, 0.1) is 17.2 Å². The Morgan fingerprint density at radius 1 is 1.32 bits per heavy atom. The van der Waals surface area contributed by atoms with Gasteiger partial charge in [0.05, 0.1) is 17.0 Å². The van der Waals surface area contributed by atoms with Crippen molar-refractivity contribution >= 4 is 12.2 Å². The fraction of sp³-hybridized carbons (Fsp3) is 0.318. The molecule has 2 aromatic heterocycles. The van der Waals surface area contributed by atoms with Gasteiger partial charge < -0.3 is 15.4 Å². The Balaban J connectivity index is 1.71. The van der Waals surface area contributed by atoms with Gasteiger partial charge in [0.1, 0.15) is 18.4 Å². The van der Waals surface area contributed by atoms with E-state index in [1.807, 2.05) is 24.3 Å². The molecule has 2 aromatic rings. The zero-order valence-corrected chi connectivity index (χ0v) is 15.9. The summed E-state index contributed by atoms with van der Waals surface area (Å²) in [7, 11) is 0. The summed E-state index contributed by atoms with van der Waals surface area (Å²) in [5.41, 5.74) is 3.11. The molecule has 1 atom stereocenters. The summed E-state index contributed by atoms with van der Waals surface area (Å²) in [4.78, 5) is 8.78. The highest BCUT2D eigenvalue weighted by molar-refractivity contribution is 5.68. The summed E-state index contributed by atoms with van der Waals surface area (Å²) >= 11 is 0. The van der Waals surface area contributed by atoms with Crippen LogP contribution in [-0.2, 0) is 6.54 Å². The molecule has 0 aromatic carbocycles. The number of ether oxygens (including phenoxy) is 1. The van der Waals surface area contributed by atoms with Crippen LogP contribution in [-0.4, -0.2) is 36.2 Å². The minimum absolute atomic E-state index is 0.446. The maximum absolute atomic E-state index is 9.00. The molecule has 0 aliphatic carbocycles. The van der Waals surface area contributed by atoms with Gasteiger partial charge in [0.2, 0.25) is 0 Å². The lowest BCUT2D eigenvalue weighted by Gasteiger charge is -2.11. The zero-order chi connectivity index (χ0) is 19.6. The quantitative estimate of drug-likeness (QED) is 0.656. The van der Waals surface area contributed by atoms with Gasteiger partial charge >= 0.3 is 0 Å². The van der Waals surface area contributed by atoms with Crippen molar-refractivity contribution in [1.29, 1.82) is 5.26 Å². The van der Waals surface area contributed by atoms with E-state index in [1.54, 1.807) is 24.5 Å². The van der Waals surface area contributed by atoms with Gasteiger partial charge in [-0.2, -0.15) is 5.26 Å². The second kappa shape index (κ2) is 10.4. The van der Waals surface area contributed by atoms with Gasteiger partial charge in [-0.05, 0) is 49.7 Å². The fourth-order valence-electron chi connectivity index (χ4n) is 3.08. The molecular formula is C22H25N5O. The molecule has 0 amide bonds. The normalized spacial score (nSPS) is 16.2. The minimum Gasteiger partial charge on any atom is -0.489 e. The largest absolute Gasteiger partial charge is 0.489 e. The van der Waals surface area contributed by atoms with E-state index in [1.165, 1.54) is 6.42 Å². The number of hydrogen-bond donors (Lipinski definition) is 2. The third-order valence-corrected chi connectivity index (χ3v) is 4.48. The molecule has 3 heterocycles. The predicted octanol–water partition coefficient (Wildman–Crippen LogP) is 2.78. The third-order valence-electron chi connectivity index (χ3n) is 4.48. The van der Waals surface area contributed by atoms with Crippen molar-refractivity contribution in [1.82, 2.24) is 20.6 Å². The first-order chi connectivity index (χ1) is 13.8. The zero-order valence-electron chi connectivity index (χ0n) is 15.9. The molecule has 0 bridgehead atoms. The molecule has 2 N–H and O–H groups in total. The number of aromatic nitrogens is 2. The van der Waals surface area contributed by atoms with Crippen LogP contribution in [0.25, 0.3) is 12.2 Å². The number of nitriles is 1. The maximum Gasteiger partial charge on any atom is 0.123 e. The van der Waals surface area contributed by atoms with E-state index in [-0.39, 0.29) is 0 Å². The lowest BCUT2D eigenvalue weighted by atomic mass is 10.1. The molecule has 1 saturated heterocycles.